The third kappa shape index (κ3) is 3.85. The zero-order chi connectivity index (χ0) is 15.4. The number of hydrogen-bond acceptors (Lipinski definition) is 2. The molecule has 0 saturated carbocycles. The van der Waals surface area contributed by atoms with E-state index in [1.54, 1.807) is 0 Å². The Kier molecular flexibility index (Phi) is 4.63. The van der Waals surface area contributed by atoms with Gasteiger partial charge >= 0.3 is 0 Å². The summed E-state index contributed by atoms with van der Waals surface area (Å²) in [6.07, 6.45) is 0.393. The maximum atomic E-state index is 12.2. The first-order valence-corrected chi connectivity index (χ1v) is 7.17. The number of nitrogens with one attached hydrogen (secondary N) is 1. The Morgan fingerprint density at radius 2 is 1.90 bits per heavy atom. The fraction of sp³-hybridized carbons (Fsp3) is 0.278. The predicted octanol–water partition coefficient (Wildman–Crippen LogP) is 3.31. The van der Waals surface area contributed by atoms with Crippen molar-refractivity contribution in [1.29, 1.82) is 0 Å². The summed E-state index contributed by atoms with van der Waals surface area (Å²) in [7, 11) is 0. The van der Waals surface area contributed by atoms with Gasteiger partial charge in [0.25, 0.3) is 0 Å². The summed E-state index contributed by atoms with van der Waals surface area (Å²) in [5.41, 5.74) is 11.0. The maximum absolute atomic E-state index is 12.2. The number of benzene rings is 2. The third-order valence-electron chi connectivity index (χ3n) is 3.70. The molecule has 1 amide bonds. The van der Waals surface area contributed by atoms with E-state index in [0.717, 1.165) is 16.7 Å². The first kappa shape index (κ1) is 15.1. The van der Waals surface area contributed by atoms with Gasteiger partial charge < -0.3 is 11.1 Å². The smallest absolute Gasteiger partial charge is 0.224 e. The van der Waals surface area contributed by atoms with Gasteiger partial charge in [0, 0.05) is 5.69 Å². The average molecular weight is 282 g/mol. The molecule has 0 aromatic heterocycles. The first-order chi connectivity index (χ1) is 9.97. The summed E-state index contributed by atoms with van der Waals surface area (Å²) in [6.45, 7) is 6.02. The van der Waals surface area contributed by atoms with Crippen molar-refractivity contribution in [2.75, 3.05) is 5.73 Å². The molecule has 21 heavy (non-hydrogen) atoms. The number of aryl methyl sites for hydroxylation is 2. The molecule has 0 fully saturated rings. The summed E-state index contributed by atoms with van der Waals surface area (Å²) < 4.78 is 0. The van der Waals surface area contributed by atoms with Gasteiger partial charge in [0.1, 0.15) is 0 Å². The number of carbonyl (C=O) groups excluding carboxylic acids is 1. The lowest BCUT2D eigenvalue weighted by molar-refractivity contribution is -0.121. The molecular weight excluding hydrogens is 260 g/mol. The van der Waals surface area contributed by atoms with Crippen molar-refractivity contribution in [3.63, 3.8) is 0 Å². The third-order valence-corrected chi connectivity index (χ3v) is 3.70. The molecule has 0 aliphatic rings. The van der Waals surface area contributed by atoms with Crippen molar-refractivity contribution in [3.8, 4) is 0 Å². The van der Waals surface area contributed by atoms with E-state index >= 15 is 0 Å². The van der Waals surface area contributed by atoms with Crippen LogP contribution in [0, 0.1) is 13.8 Å². The van der Waals surface area contributed by atoms with Crippen LogP contribution in [-0.2, 0) is 11.2 Å². The van der Waals surface area contributed by atoms with Gasteiger partial charge in [-0.1, -0.05) is 42.0 Å². The van der Waals surface area contributed by atoms with Crippen LogP contribution in [0.25, 0.3) is 0 Å². The highest BCUT2D eigenvalue weighted by Crippen LogP contribution is 2.19. The molecule has 1 unspecified atom stereocenters. The second-order valence-corrected chi connectivity index (χ2v) is 5.52. The van der Waals surface area contributed by atoms with Crippen LogP contribution in [0.4, 0.5) is 5.69 Å². The largest absolute Gasteiger partial charge is 0.398 e. The van der Waals surface area contributed by atoms with Crippen molar-refractivity contribution in [3.05, 3.63) is 64.7 Å². The van der Waals surface area contributed by atoms with E-state index < -0.39 is 0 Å². The Labute approximate surface area is 126 Å². The summed E-state index contributed by atoms with van der Waals surface area (Å²) in [5, 5.41) is 3.01. The molecule has 0 aliphatic heterocycles. The second-order valence-electron chi connectivity index (χ2n) is 5.52. The number of hydrogen-bond donors (Lipinski definition) is 2. The monoisotopic (exact) mass is 282 g/mol. The molecule has 0 radical (unpaired) electrons. The fourth-order valence-corrected chi connectivity index (χ4v) is 2.44. The SMILES string of the molecule is Cc1ccc(C)c(CC(=O)NC(C)c2ccccc2N)c1. The normalized spacial score (nSPS) is 12.0. The number of amides is 1. The lowest BCUT2D eigenvalue weighted by Crippen LogP contribution is -2.28. The fourth-order valence-electron chi connectivity index (χ4n) is 2.44. The van der Waals surface area contributed by atoms with Crippen LogP contribution in [-0.4, -0.2) is 5.91 Å². The van der Waals surface area contributed by atoms with Crippen molar-refractivity contribution < 1.29 is 4.79 Å². The van der Waals surface area contributed by atoms with Gasteiger partial charge in [-0.15, -0.1) is 0 Å². The van der Waals surface area contributed by atoms with Crippen molar-refractivity contribution >= 4 is 11.6 Å². The topological polar surface area (TPSA) is 55.1 Å². The van der Waals surface area contributed by atoms with E-state index in [4.69, 9.17) is 5.73 Å². The van der Waals surface area contributed by atoms with E-state index in [2.05, 4.69) is 23.5 Å². The zero-order valence-electron chi connectivity index (χ0n) is 12.8. The summed E-state index contributed by atoms with van der Waals surface area (Å²) in [4.78, 5) is 12.2. The molecule has 2 aromatic carbocycles. The molecule has 110 valence electrons. The van der Waals surface area contributed by atoms with Gasteiger partial charge in [0.05, 0.1) is 12.5 Å². The number of rotatable bonds is 4. The summed E-state index contributed by atoms with van der Waals surface area (Å²) in [6, 6.07) is 13.7. The van der Waals surface area contributed by atoms with Crippen LogP contribution in [0.1, 0.15) is 35.2 Å². The molecule has 3 heteroatoms. The van der Waals surface area contributed by atoms with Gasteiger partial charge in [0.2, 0.25) is 5.91 Å². The van der Waals surface area contributed by atoms with Gasteiger partial charge in [-0.05, 0) is 43.5 Å². The molecule has 2 aromatic rings. The lowest BCUT2D eigenvalue weighted by atomic mass is 10.0. The van der Waals surface area contributed by atoms with Crippen molar-refractivity contribution in [2.24, 2.45) is 0 Å². The zero-order valence-corrected chi connectivity index (χ0v) is 12.8. The predicted molar refractivity (Wildman–Crippen MR) is 87.0 cm³/mol. The molecule has 0 bridgehead atoms. The number of carbonyl (C=O) groups is 1. The van der Waals surface area contributed by atoms with Gasteiger partial charge in [-0.25, -0.2) is 0 Å². The van der Waals surface area contributed by atoms with E-state index in [-0.39, 0.29) is 11.9 Å². The van der Waals surface area contributed by atoms with Crippen LogP contribution in [0.5, 0.6) is 0 Å². The molecular formula is C18H22N2O. The molecule has 3 nitrogen and oxygen atoms in total. The summed E-state index contributed by atoms with van der Waals surface area (Å²) in [5.74, 6) is 0.0134. The Bertz CT molecular complexity index is 649. The highest BCUT2D eigenvalue weighted by atomic mass is 16.1. The molecule has 2 rings (SSSR count). The quantitative estimate of drug-likeness (QED) is 0.845. The molecule has 0 saturated heterocycles. The maximum Gasteiger partial charge on any atom is 0.224 e. The Morgan fingerprint density at radius 1 is 1.19 bits per heavy atom. The van der Waals surface area contributed by atoms with Crippen LogP contribution in [0.15, 0.2) is 42.5 Å². The Balaban J connectivity index is 2.05. The van der Waals surface area contributed by atoms with E-state index in [0.29, 0.717) is 12.1 Å². The first-order valence-electron chi connectivity index (χ1n) is 7.17. The van der Waals surface area contributed by atoms with E-state index in [1.807, 2.05) is 45.0 Å². The number of anilines is 1. The minimum Gasteiger partial charge on any atom is -0.398 e. The molecule has 3 N–H and O–H groups in total. The van der Waals surface area contributed by atoms with Gasteiger partial charge in [0.15, 0.2) is 0 Å². The van der Waals surface area contributed by atoms with Crippen LogP contribution in [0.3, 0.4) is 0 Å². The highest BCUT2D eigenvalue weighted by molar-refractivity contribution is 5.79. The average Bonchev–Trinajstić information content (AvgIpc) is 2.43. The Hall–Kier alpha value is -2.29. The Morgan fingerprint density at radius 3 is 2.62 bits per heavy atom. The number of nitrogens with two attached hydrogens (primary N) is 1. The molecule has 1 atom stereocenters. The molecule has 0 aliphatic carbocycles. The van der Waals surface area contributed by atoms with Crippen molar-refractivity contribution in [1.82, 2.24) is 5.32 Å². The number of para-hydroxylation sites is 1. The minimum atomic E-state index is -0.0937. The lowest BCUT2D eigenvalue weighted by Gasteiger charge is -2.17. The standard InChI is InChI=1S/C18H22N2O/c1-12-8-9-13(2)15(10-12)11-18(21)20-14(3)16-6-4-5-7-17(16)19/h4-10,14H,11,19H2,1-3H3,(H,20,21). The van der Waals surface area contributed by atoms with Crippen LogP contribution in [0.2, 0.25) is 0 Å². The highest BCUT2D eigenvalue weighted by Gasteiger charge is 2.13. The molecule has 0 spiro atoms. The molecule has 0 heterocycles. The van der Waals surface area contributed by atoms with Crippen LogP contribution >= 0.6 is 0 Å². The van der Waals surface area contributed by atoms with Crippen molar-refractivity contribution in [2.45, 2.75) is 33.2 Å². The second kappa shape index (κ2) is 6.44. The summed E-state index contributed by atoms with van der Waals surface area (Å²) >= 11 is 0. The van der Waals surface area contributed by atoms with Crippen LogP contribution < -0.4 is 11.1 Å². The van der Waals surface area contributed by atoms with E-state index in [9.17, 15) is 4.79 Å². The number of nitrogen functional groups attached to an aromatic ring is 1. The minimum absolute atomic E-state index is 0.0134. The van der Waals surface area contributed by atoms with Gasteiger partial charge in [-0.3, -0.25) is 4.79 Å². The van der Waals surface area contributed by atoms with Gasteiger partial charge in [-0.2, -0.15) is 0 Å². The van der Waals surface area contributed by atoms with E-state index in [1.165, 1.54) is 5.56 Å².